The molecule has 0 atom stereocenters. The van der Waals surface area contributed by atoms with E-state index in [1.807, 2.05) is 0 Å². The fraction of sp³-hybridized carbons (Fsp3) is 0.636. The maximum Gasteiger partial charge on any atom is 0.309 e. The van der Waals surface area contributed by atoms with E-state index < -0.39 is 11.4 Å². The predicted octanol–water partition coefficient (Wildman–Crippen LogP) is 0.723. The molecule has 0 radical (unpaired) electrons. The number of carbonyl (C=O) groups excluding carboxylic acids is 1. The smallest absolute Gasteiger partial charge is 0.309 e. The third kappa shape index (κ3) is 2.50. The summed E-state index contributed by atoms with van der Waals surface area (Å²) in [5.41, 5.74) is -0.684. The number of carbonyl (C=O) groups is 2. The Balaban J connectivity index is 2.59. The van der Waals surface area contributed by atoms with Gasteiger partial charge in [0.1, 0.15) is 0 Å². The van der Waals surface area contributed by atoms with Crippen LogP contribution in [0, 0.1) is 17.3 Å². The van der Waals surface area contributed by atoms with Crippen LogP contribution in [0.2, 0.25) is 0 Å². The number of carboxylic acid groups (broad SMARTS) is 1. The van der Waals surface area contributed by atoms with Crippen molar-refractivity contribution in [2.45, 2.75) is 26.7 Å². The zero-order valence-electron chi connectivity index (χ0n) is 9.04. The van der Waals surface area contributed by atoms with Gasteiger partial charge in [0.2, 0.25) is 0 Å². The molecule has 0 bridgehead atoms. The number of nitrogens with zero attached hydrogens (tertiary/aromatic N) is 1. The average molecular weight is 209 g/mol. The second-order valence-corrected chi connectivity index (χ2v) is 4.03. The standard InChI is InChI=1S/C11H15NO3/c1-3-4-9(13)12-7-5-11(2,6-8-12)10(14)15/h5-8H2,1-2H3,(H,14,15). The molecule has 1 rings (SSSR count). The van der Waals surface area contributed by atoms with Gasteiger partial charge in [0.15, 0.2) is 0 Å². The maximum atomic E-state index is 11.4. The SMILES string of the molecule is CC#CC(=O)N1CCC(C)(C(=O)O)CC1. The van der Waals surface area contributed by atoms with Crippen molar-refractivity contribution in [3.8, 4) is 11.8 Å². The molecule has 0 saturated carbocycles. The average Bonchev–Trinajstić information content (AvgIpc) is 2.19. The van der Waals surface area contributed by atoms with Crippen molar-refractivity contribution in [2.24, 2.45) is 5.41 Å². The topological polar surface area (TPSA) is 57.6 Å². The Morgan fingerprint density at radius 2 is 1.87 bits per heavy atom. The summed E-state index contributed by atoms with van der Waals surface area (Å²) in [4.78, 5) is 23.9. The number of aliphatic carboxylic acids is 1. The predicted molar refractivity (Wildman–Crippen MR) is 55.0 cm³/mol. The van der Waals surface area contributed by atoms with Crippen LogP contribution in [0.3, 0.4) is 0 Å². The zero-order chi connectivity index (χ0) is 11.5. The van der Waals surface area contributed by atoms with Crippen LogP contribution in [0.1, 0.15) is 26.7 Å². The van der Waals surface area contributed by atoms with E-state index >= 15 is 0 Å². The van der Waals surface area contributed by atoms with Gasteiger partial charge in [0.05, 0.1) is 5.41 Å². The molecule has 82 valence electrons. The van der Waals surface area contributed by atoms with Crippen molar-refractivity contribution in [1.29, 1.82) is 0 Å². The zero-order valence-corrected chi connectivity index (χ0v) is 9.04. The number of likely N-dealkylation sites (tertiary alicyclic amines) is 1. The lowest BCUT2D eigenvalue weighted by Crippen LogP contribution is -2.44. The normalized spacial score (nSPS) is 18.9. The van der Waals surface area contributed by atoms with E-state index in [1.165, 1.54) is 0 Å². The van der Waals surface area contributed by atoms with E-state index in [2.05, 4.69) is 11.8 Å². The van der Waals surface area contributed by atoms with E-state index in [-0.39, 0.29) is 5.91 Å². The number of carboxylic acids is 1. The Labute approximate surface area is 89.3 Å². The minimum Gasteiger partial charge on any atom is -0.481 e. The molecule has 1 aliphatic heterocycles. The van der Waals surface area contributed by atoms with Crippen molar-refractivity contribution in [2.75, 3.05) is 13.1 Å². The Kier molecular flexibility index (Phi) is 3.35. The molecule has 1 N–H and O–H groups in total. The van der Waals surface area contributed by atoms with Crippen molar-refractivity contribution in [3.63, 3.8) is 0 Å². The molecule has 0 aromatic carbocycles. The van der Waals surface area contributed by atoms with Gasteiger partial charge in [-0.25, -0.2) is 0 Å². The van der Waals surface area contributed by atoms with Crippen LogP contribution in [-0.4, -0.2) is 35.0 Å². The van der Waals surface area contributed by atoms with Crippen molar-refractivity contribution >= 4 is 11.9 Å². The molecule has 1 amide bonds. The minimum atomic E-state index is -0.781. The van der Waals surface area contributed by atoms with Crippen molar-refractivity contribution < 1.29 is 14.7 Å². The van der Waals surface area contributed by atoms with Gasteiger partial charge in [0, 0.05) is 13.1 Å². The Bertz CT molecular complexity index is 329. The fourth-order valence-corrected chi connectivity index (χ4v) is 1.60. The number of hydrogen-bond acceptors (Lipinski definition) is 2. The second-order valence-electron chi connectivity index (χ2n) is 4.03. The van der Waals surface area contributed by atoms with Gasteiger partial charge >= 0.3 is 5.97 Å². The van der Waals surface area contributed by atoms with Crippen LogP contribution < -0.4 is 0 Å². The van der Waals surface area contributed by atoms with Crippen LogP contribution >= 0.6 is 0 Å². The van der Waals surface area contributed by atoms with Crippen LogP contribution in [0.5, 0.6) is 0 Å². The number of piperidine rings is 1. The summed E-state index contributed by atoms with van der Waals surface area (Å²) < 4.78 is 0. The summed E-state index contributed by atoms with van der Waals surface area (Å²) in [7, 11) is 0. The molecule has 4 nitrogen and oxygen atoms in total. The molecular formula is C11H15NO3. The largest absolute Gasteiger partial charge is 0.481 e. The molecular weight excluding hydrogens is 194 g/mol. The van der Waals surface area contributed by atoms with E-state index in [1.54, 1.807) is 18.7 Å². The highest BCUT2D eigenvalue weighted by Crippen LogP contribution is 2.30. The minimum absolute atomic E-state index is 0.204. The molecule has 1 aliphatic rings. The first kappa shape index (κ1) is 11.6. The summed E-state index contributed by atoms with van der Waals surface area (Å²) in [6.07, 6.45) is 0.999. The first-order chi connectivity index (χ1) is 6.99. The number of rotatable bonds is 1. The van der Waals surface area contributed by atoms with Crippen LogP contribution in [0.15, 0.2) is 0 Å². The van der Waals surface area contributed by atoms with Crippen LogP contribution in [0.4, 0.5) is 0 Å². The molecule has 15 heavy (non-hydrogen) atoms. The first-order valence-corrected chi connectivity index (χ1v) is 4.95. The van der Waals surface area contributed by atoms with E-state index in [0.717, 1.165) is 0 Å². The van der Waals surface area contributed by atoms with Crippen LogP contribution in [-0.2, 0) is 9.59 Å². The summed E-state index contributed by atoms with van der Waals surface area (Å²) in [5.74, 6) is 4.03. The highest BCUT2D eigenvalue weighted by molar-refractivity contribution is 5.93. The maximum absolute atomic E-state index is 11.4. The van der Waals surface area contributed by atoms with Crippen molar-refractivity contribution in [1.82, 2.24) is 4.90 Å². The van der Waals surface area contributed by atoms with E-state index in [9.17, 15) is 9.59 Å². The molecule has 0 aromatic rings. The Hall–Kier alpha value is -1.50. The lowest BCUT2D eigenvalue weighted by atomic mass is 9.80. The van der Waals surface area contributed by atoms with Gasteiger partial charge in [-0.05, 0) is 32.6 Å². The van der Waals surface area contributed by atoms with Crippen LogP contribution in [0.25, 0.3) is 0 Å². The summed E-state index contributed by atoms with van der Waals surface area (Å²) in [5, 5.41) is 8.99. The third-order valence-electron chi connectivity index (χ3n) is 2.90. The second kappa shape index (κ2) is 4.35. The molecule has 0 spiro atoms. The Morgan fingerprint density at radius 1 is 1.33 bits per heavy atom. The quantitative estimate of drug-likeness (QED) is 0.647. The number of hydrogen-bond donors (Lipinski definition) is 1. The molecule has 0 aliphatic carbocycles. The van der Waals surface area contributed by atoms with Gasteiger partial charge in [-0.3, -0.25) is 9.59 Å². The highest BCUT2D eigenvalue weighted by atomic mass is 16.4. The fourth-order valence-electron chi connectivity index (χ4n) is 1.60. The summed E-state index contributed by atoms with van der Waals surface area (Å²) >= 11 is 0. The molecule has 0 unspecified atom stereocenters. The first-order valence-electron chi connectivity index (χ1n) is 4.95. The van der Waals surface area contributed by atoms with Gasteiger partial charge in [-0.2, -0.15) is 0 Å². The highest BCUT2D eigenvalue weighted by Gasteiger charge is 2.37. The van der Waals surface area contributed by atoms with Gasteiger partial charge in [-0.15, -0.1) is 0 Å². The molecule has 0 aromatic heterocycles. The Morgan fingerprint density at radius 3 is 2.27 bits per heavy atom. The van der Waals surface area contributed by atoms with E-state index in [0.29, 0.717) is 25.9 Å². The summed E-state index contributed by atoms with van der Waals surface area (Å²) in [6.45, 7) is 4.30. The van der Waals surface area contributed by atoms with Gasteiger partial charge in [-0.1, -0.05) is 5.92 Å². The van der Waals surface area contributed by atoms with Gasteiger partial charge < -0.3 is 10.0 Å². The van der Waals surface area contributed by atoms with Crippen molar-refractivity contribution in [3.05, 3.63) is 0 Å². The summed E-state index contributed by atoms with van der Waals surface area (Å²) in [6, 6.07) is 0. The van der Waals surface area contributed by atoms with E-state index in [4.69, 9.17) is 5.11 Å². The lowest BCUT2D eigenvalue weighted by Gasteiger charge is -2.35. The third-order valence-corrected chi connectivity index (χ3v) is 2.90. The van der Waals surface area contributed by atoms with Gasteiger partial charge in [0.25, 0.3) is 5.91 Å². The molecule has 1 heterocycles. The monoisotopic (exact) mass is 209 g/mol. The lowest BCUT2D eigenvalue weighted by molar-refractivity contribution is -0.152. The number of amides is 1. The molecule has 1 fully saturated rings. The molecule has 1 saturated heterocycles. The molecule has 4 heteroatoms.